The van der Waals surface area contributed by atoms with E-state index < -0.39 is 0 Å². The predicted molar refractivity (Wildman–Crippen MR) is 65.1 cm³/mol. The molecular weight excluding hydrogens is 210 g/mol. The first-order valence-electron chi connectivity index (χ1n) is 5.01. The van der Waals surface area contributed by atoms with Crippen LogP contribution in [-0.2, 0) is 0 Å². The van der Waals surface area contributed by atoms with Gasteiger partial charge in [-0.05, 0) is 18.6 Å². The van der Waals surface area contributed by atoms with Crippen LogP contribution in [0.2, 0.25) is 0 Å². The zero-order chi connectivity index (χ0) is 11.3. The molecule has 0 heterocycles. The first-order chi connectivity index (χ1) is 7.15. The van der Waals surface area contributed by atoms with Crippen LogP contribution in [0.4, 0.5) is 5.69 Å². The van der Waals surface area contributed by atoms with E-state index in [4.69, 9.17) is 11.6 Å². The number of rotatable bonds is 5. The third-order valence-corrected chi connectivity index (χ3v) is 2.49. The second kappa shape index (κ2) is 5.76. The summed E-state index contributed by atoms with van der Waals surface area (Å²) < 4.78 is 0. The Hall–Kier alpha value is -1.02. The molecule has 1 aromatic rings. The van der Waals surface area contributed by atoms with Crippen LogP contribution in [0.3, 0.4) is 0 Å². The van der Waals surface area contributed by atoms with E-state index in [1.54, 1.807) is 0 Å². The summed E-state index contributed by atoms with van der Waals surface area (Å²) in [7, 11) is 3.92. The fraction of sp³-hybridized carbons (Fsp3) is 0.417. The molecule has 0 aliphatic heterocycles. The molecule has 2 nitrogen and oxygen atoms in total. The van der Waals surface area contributed by atoms with Crippen LogP contribution in [0.1, 0.15) is 23.2 Å². The smallest absolute Gasteiger partial charge is 0.162 e. The van der Waals surface area contributed by atoms with Crippen LogP contribution in [0, 0.1) is 0 Å². The van der Waals surface area contributed by atoms with Crippen molar-refractivity contribution >= 4 is 23.1 Å². The van der Waals surface area contributed by atoms with Gasteiger partial charge in [-0.2, -0.15) is 0 Å². The molecule has 82 valence electrons. The third-order valence-electron chi connectivity index (χ3n) is 2.22. The van der Waals surface area contributed by atoms with E-state index in [-0.39, 0.29) is 5.78 Å². The second-order valence-electron chi connectivity index (χ2n) is 3.66. The molecule has 0 bridgehead atoms. The van der Waals surface area contributed by atoms with E-state index >= 15 is 0 Å². The van der Waals surface area contributed by atoms with Gasteiger partial charge in [0.1, 0.15) is 0 Å². The molecule has 0 unspecified atom stereocenters. The summed E-state index contributed by atoms with van der Waals surface area (Å²) in [5.41, 5.74) is 1.82. The van der Waals surface area contributed by atoms with E-state index in [2.05, 4.69) is 0 Å². The van der Waals surface area contributed by atoms with Crippen molar-refractivity contribution in [3.8, 4) is 0 Å². The Morgan fingerprint density at radius 1 is 1.40 bits per heavy atom. The first-order valence-corrected chi connectivity index (χ1v) is 5.55. The average molecular weight is 226 g/mol. The molecular formula is C12H16ClNO. The lowest BCUT2D eigenvalue weighted by Crippen LogP contribution is -2.09. The molecule has 0 amide bonds. The Morgan fingerprint density at radius 3 is 2.73 bits per heavy atom. The summed E-state index contributed by atoms with van der Waals surface area (Å²) in [5.74, 6) is 0.707. The molecule has 0 radical (unpaired) electrons. The number of benzene rings is 1. The minimum atomic E-state index is 0.166. The highest BCUT2D eigenvalue weighted by Crippen LogP contribution is 2.15. The molecule has 0 aliphatic carbocycles. The molecule has 0 N–H and O–H groups in total. The van der Waals surface area contributed by atoms with Crippen molar-refractivity contribution in [2.45, 2.75) is 12.8 Å². The number of nitrogens with zero attached hydrogens (tertiary/aromatic N) is 1. The molecule has 0 aliphatic rings. The summed E-state index contributed by atoms with van der Waals surface area (Å²) in [5, 5.41) is 0. The molecule has 0 spiro atoms. The molecule has 3 heteroatoms. The minimum Gasteiger partial charge on any atom is -0.378 e. The number of hydrogen-bond acceptors (Lipinski definition) is 2. The predicted octanol–water partition coefficient (Wildman–Crippen LogP) is 2.95. The van der Waals surface area contributed by atoms with Crippen molar-refractivity contribution in [2.24, 2.45) is 0 Å². The summed E-state index contributed by atoms with van der Waals surface area (Å²) >= 11 is 5.55. The van der Waals surface area contributed by atoms with Gasteiger partial charge in [-0.3, -0.25) is 4.79 Å². The summed E-state index contributed by atoms with van der Waals surface area (Å²) in [6, 6.07) is 7.65. The number of anilines is 1. The van der Waals surface area contributed by atoms with Crippen molar-refractivity contribution in [1.29, 1.82) is 0 Å². The molecule has 0 saturated heterocycles. The van der Waals surface area contributed by atoms with Crippen LogP contribution < -0.4 is 4.90 Å². The number of Topliss-reactive ketones (excluding diaryl/α,β-unsaturated/α-hetero) is 1. The Morgan fingerprint density at radius 2 is 2.13 bits per heavy atom. The van der Waals surface area contributed by atoms with Crippen LogP contribution in [0.25, 0.3) is 0 Å². The van der Waals surface area contributed by atoms with E-state index in [1.807, 2.05) is 43.3 Å². The van der Waals surface area contributed by atoms with Crippen molar-refractivity contribution in [3.05, 3.63) is 29.8 Å². The average Bonchev–Trinajstić information content (AvgIpc) is 2.26. The summed E-state index contributed by atoms with van der Waals surface area (Å²) in [6.07, 6.45) is 1.27. The van der Waals surface area contributed by atoms with E-state index in [9.17, 15) is 4.79 Å². The Balaban J connectivity index is 2.76. The maximum Gasteiger partial charge on any atom is 0.162 e. The van der Waals surface area contributed by atoms with Crippen molar-refractivity contribution < 1.29 is 4.79 Å². The third kappa shape index (κ3) is 3.56. The molecule has 1 rings (SSSR count). The molecule has 0 saturated carbocycles. The lowest BCUT2D eigenvalue weighted by atomic mass is 10.1. The highest BCUT2D eigenvalue weighted by molar-refractivity contribution is 6.18. The number of ketones is 1. The lowest BCUT2D eigenvalue weighted by molar-refractivity contribution is 0.0982. The van der Waals surface area contributed by atoms with Gasteiger partial charge in [0, 0.05) is 37.6 Å². The van der Waals surface area contributed by atoms with Crippen LogP contribution in [-0.4, -0.2) is 25.8 Å². The Labute approximate surface area is 95.8 Å². The number of carbonyl (C=O) groups is 1. The van der Waals surface area contributed by atoms with Crippen molar-refractivity contribution in [2.75, 3.05) is 24.9 Å². The van der Waals surface area contributed by atoms with E-state index in [1.165, 1.54) is 0 Å². The molecule has 0 atom stereocenters. The first kappa shape index (κ1) is 12.1. The lowest BCUT2D eigenvalue weighted by Gasteiger charge is -2.13. The maximum atomic E-state index is 11.7. The zero-order valence-corrected chi connectivity index (χ0v) is 9.92. The Kier molecular flexibility index (Phi) is 4.63. The minimum absolute atomic E-state index is 0.166. The molecule has 15 heavy (non-hydrogen) atoms. The molecule has 0 fully saturated rings. The van der Waals surface area contributed by atoms with E-state index in [0.717, 1.165) is 17.7 Å². The largest absolute Gasteiger partial charge is 0.378 e. The maximum absolute atomic E-state index is 11.7. The van der Waals surface area contributed by atoms with Crippen molar-refractivity contribution in [3.63, 3.8) is 0 Å². The number of halogens is 1. The van der Waals surface area contributed by atoms with Crippen LogP contribution in [0.15, 0.2) is 24.3 Å². The number of carbonyl (C=O) groups excluding carboxylic acids is 1. The van der Waals surface area contributed by atoms with Gasteiger partial charge >= 0.3 is 0 Å². The summed E-state index contributed by atoms with van der Waals surface area (Å²) in [4.78, 5) is 13.7. The quantitative estimate of drug-likeness (QED) is 0.567. The van der Waals surface area contributed by atoms with Gasteiger partial charge in [-0.1, -0.05) is 12.1 Å². The molecule has 1 aromatic carbocycles. The van der Waals surface area contributed by atoms with Gasteiger partial charge in [-0.15, -0.1) is 11.6 Å². The standard InChI is InChI=1S/C12H16ClNO/c1-14(2)11-6-3-5-10(9-11)12(15)7-4-8-13/h3,5-6,9H,4,7-8H2,1-2H3. The highest BCUT2D eigenvalue weighted by Gasteiger charge is 2.06. The monoisotopic (exact) mass is 225 g/mol. The normalized spacial score (nSPS) is 10.1. The SMILES string of the molecule is CN(C)c1cccc(C(=O)CCCCl)c1. The van der Waals surface area contributed by atoms with Gasteiger partial charge in [0.2, 0.25) is 0 Å². The van der Waals surface area contributed by atoms with Crippen LogP contribution >= 0.6 is 11.6 Å². The highest BCUT2D eigenvalue weighted by atomic mass is 35.5. The van der Waals surface area contributed by atoms with Gasteiger partial charge in [0.15, 0.2) is 5.78 Å². The fourth-order valence-electron chi connectivity index (χ4n) is 1.33. The topological polar surface area (TPSA) is 20.3 Å². The zero-order valence-electron chi connectivity index (χ0n) is 9.16. The van der Waals surface area contributed by atoms with Gasteiger partial charge in [0.25, 0.3) is 0 Å². The van der Waals surface area contributed by atoms with Crippen LogP contribution in [0.5, 0.6) is 0 Å². The molecule has 0 aromatic heterocycles. The van der Waals surface area contributed by atoms with E-state index in [0.29, 0.717) is 12.3 Å². The number of alkyl halides is 1. The van der Waals surface area contributed by atoms with Gasteiger partial charge in [-0.25, -0.2) is 0 Å². The van der Waals surface area contributed by atoms with Gasteiger partial charge < -0.3 is 4.90 Å². The van der Waals surface area contributed by atoms with Gasteiger partial charge in [0.05, 0.1) is 0 Å². The Bertz CT molecular complexity index is 336. The number of hydrogen-bond donors (Lipinski definition) is 0. The van der Waals surface area contributed by atoms with Crippen molar-refractivity contribution in [1.82, 2.24) is 0 Å². The fourth-order valence-corrected chi connectivity index (χ4v) is 1.46. The second-order valence-corrected chi connectivity index (χ2v) is 4.04. The summed E-state index contributed by atoms with van der Waals surface area (Å²) in [6.45, 7) is 0.